The van der Waals surface area contributed by atoms with E-state index in [4.69, 9.17) is 21.1 Å². The van der Waals surface area contributed by atoms with Crippen LogP contribution >= 0.6 is 11.6 Å². The Balaban J connectivity index is 2.15. The maximum atomic E-state index is 14.0. The molecule has 3 aromatic rings. The Hall–Kier alpha value is -3.76. The monoisotopic (exact) mass is 573 g/mol. The Morgan fingerprint density at radius 2 is 1.64 bits per heavy atom. The molecular formula is C28H32ClN3O6S. The number of nitrogens with one attached hydrogen (secondary N) is 1. The predicted octanol–water partition coefficient (Wildman–Crippen LogP) is 4.11. The van der Waals surface area contributed by atoms with Crippen molar-refractivity contribution in [3.63, 3.8) is 0 Å². The van der Waals surface area contributed by atoms with E-state index in [0.29, 0.717) is 22.8 Å². The molecule has 9 nitrogen and oxygen atoms in total. The van der Waals surface area contributed by atoms with Crippen molar-refractivity contribution in [1.29, 1.82) is 0 Å². The van der Waals surface area contributed by atoms with Crippen LogP contribution in [0.25, 0.3) is 0 Å². The zero-order chi connectivity index (χ0) is 28.6. The third kappa shape index (κ3) is 6.82. The Kier molecular flexibility index (Phi) is 10.2. The van der Waals surface area contributed by atoms with Gasteiger partial charge in [-0.05, 0) is 42.3 Å². The van der Waals surface area contributed by atoms with Gasteiger partial charge in [-0.15, -0.1) is 0 Å². The number of ether oxygens (including phenoxy) is 2. The molecule has 0 spiro atoms. The van der Waals surface area contributed by atoms with Gasteiger partial charge in [0, 0.05) is 24.7 Å². The fourth-order valence-electron chi connectivity index (χ4n) is 4.12. The van der Waals surface area contributed by atoms with Crippen LogP contribution in [-0.2, 0) is 26.2 Å². The van der Waals surface area contributed by atoms with Crippen molar-refractivity contribution in [2.75, 3.05) is 32.1 Å². The molecule has 2 amide bonds. The van der Waals surface area contributed by atoms with Gasteiger partial charge in [0.15, 0.2) is 0 Å². The topological polar surface area (TPSA) is 105 Å². The minimum atomic E-state index is -4.26. The van der Waals surface area contributed by atoms with Crippen LogP contribution in [0.15, 0.2) is 77.7 Å². The number of amides is 2. The normalized spacial score (nSPS) is 11.8. The van der Waals surface area contributed by atoms with Crippen LogP contribution in [0, 0.1) is 0 Å². The van der Waals surface area contributed by atoms with E-state index in [1.54, 1.807) is 61.5 Å². The van der Waals surface area contributed by atoms with E-state index in [1.807, 2.05) is 0 Å². The molecule has 3 aromatic carbocycles. The number of nitrogens with zero attached hydrogens (tertiary/aromatic N) is 2. The number of methoxy groups -OCH3 is 2. The molecule has 0 heterocycles. The molecule has 0 aliphatic heterocycles. The van der Waals surface area contributed by atoms with Crippen molar-refractivity contribution < 1.29 is 27.5 Å². The van der Waals surface area contributed by atoms with Gasteiger partial charge in [0.25, 0.3) is 10.0 Å². The molecule has 0 radical (unpaired) electrons. The smallest absolute Gasteiger partial charge is 0.264 e. The lowest BCUT2D eigenvalue weighted by molar-refractivity contribution is -0.140. The summed E-state index contributed by atoms with van der Waals surface area (Å²) in [5.41, 5.74) is 0.728. The summed E-state index contributed by atoms with van der Waals surface area (Å²) >= 11 is 6.39. The molecule has 0 saturated carbocycles. The van der Waals surface area contributed by atoms with Gasteiger partial charge in [0.05, 0.1) is 24.8 Å². The number of carbonyl (C=O) groups excluding carboxylic acids is 2. The van der Waals surface area contributed by atoms with Gasteiger partial charge in [0.2, 0.25) is 11.8 Å². The third-order valence-corrected chi connectivity index (χ3v) is 8.34. The Morgan fingerprint density at radius 1 is 0.974 bits per heavy atom. The molecule has 0 unspecified atom stereocenters. The SMILES string of the molecule is CC[C@H](C(=O)NC)N(Cc1ccccc1Cl)C(=O)CN(c1cc(OC)ccc1OC)S(=O)(=O)c1ccccc1. The minimum Gasteiger partial charge on any atom is -0.497 e. The number of hydrogen-bond donors (Lipinski definition) is 1. The molecule has 1 N–H and O–H groups in total. The standard InChI is InChI=1S/C28H32ClN3O6S/c1-5-24(28(34)30-2)31(18-20-11-9-10-14-23(20)29)27(33)19-32(39(35,36)22-12-7-6-8-13-22)25-17-21(37-3)15-16-26(25)38-4/h6-17,24H,5,18-19H2,1-4H3,(H,30,34)/t24-/m1/s1. The fourth-order valence-corrected chi connectivity index (χ4v) is 5.75. The molecule has 0 saturated heterocycles. The molecule has 3 rings (SSSR count). The Morgan fingerprint density at radius 3 is 2.23 bits per heavy atom. The van der Waals surface area contributed by atoms with E-state index in [2.05, 4.69) is 5.32 Å². The molecule has 11 heteroatoms. The zero-order valence-electron chi connectivity index (χ0n) is 22.3. The Bertz CT molecular complexity index is 1400. The van der Waals surface area contributed by atoms with Gasteiger partial charge in [0.1, 0.15) is 24.1 Å². The fraction of sp³-hybridized carbons (Fsp3) is 0.286. The maximum absolute atomic E-state index is 14.0. The van der Waals surface area contributed by atoms with E-state index in [-0.39, 0.29) is 28.8 Å². The van der Waals surface area contributed by atoms with E-state index in [9.17, 15) is 18.0 Å². The minimum absolute atomic E-state index is 0.00109. The predicted molar refractivity (Wildman–Crippen MR) is 151 cm³/mol. The van der Waals surface area contributed by atoms with Crippen LogP contribution in [0.4, 0.5) is 5.69 Å². The molecule has 0 aliphatic rings. The number of rotatable bonds is 12. The highest BCUT2D eigenvalue weighted by Crippen LogP contribution is 2.36. The molecule has 208 valence electrons. The second-order valence-corrected chi connectivity index (χ2v) is 10.8. The second-order valence-electron chi connectivity index (χ2n) is 8.51. The molecular weight excluding hydrogens is 542 g/mol. The van der Waals surface area contributed by atoms with Crippen LogP contribution in [0.3, 0.4) is 0 Å². The summed E-state index contributed by atoms with van der Waals surface area (Å²) in [7, 11) is 0.0840. The number of carbonyl (C=O) groups is 2. The summed E-state index contributed by atoms with van der Waals surface area (Å²) in [6.07, 6.45) is 0.295. The first-order chi connectivity index (χ1) is 18.7. The van der Waals surface area contributed by atoms with Gasteiger partial charge in [-0.1, -0.05) is 54.9 Å². The maximum Gasteiger partial charge on any atom is 0.264 e. The Labute approximate surface area is 234 Å². The number of sulfonamides is 1. The van der Waals surface area contributed by atoms with Crippen molar-refractivity contribution in [1.82, 2.24) is 10.2 Å². The molecule has 39 heavy (non-hydrogen) atoms. The van der Waals surface area contributed by atoms with Crippen LogP contribution in [0.2, 0.25) is 5.02 Å². The highest BCUT2D eigenvalue weighted by atomic mass is 35.5. The second kappa shape index (κ2) is 13.3. The van der Waals surface area contributed by atoms with Crippen molar-refractivity contribution in [2.45, 2.75) is 30.8 Å². The number of benzene rings is 3. The van der Waals surface area contributed by atoms with Gasteiger partial charge in [-0.2, -0.15) is 0 Å². The van der Waals surface area contributed by atoms with Crippen LogP contribution < -0.4 is 19.1 Å². The largest absolute Gasteiger partial charge is 0.497 e. The first kappa shape index (κ1) is 29.8. The first-order valence-corrected chi connectivity index (χ1v) is 14.0. The number of halogens is 1. The van der Waals surface area contributed by atoms with E-state index in [1.165, 1.54) is 44.4 Å². The van der Waals surface area contributed by atoms with E-state index < -0.39 is 28.5 Å². The van der Waals surface area contributed by atoms with Crippen molar-refractivity contribution in [2.24, 2.45) is 0 Å². The lowest BCUT2D eigenvalue weighted by Gasteiger charge is -2.33. The van der Waals surface area contributed by atoms with Gasteiger partial charge >= 0.3 is 0 Å². The number of hydrogen-bond acceptors (Lipinski definition) is 6. The number of anilines is 1. The molecule has 0 aromatic heterocycles. The average molecular weight is 574 g/mol. The van der Waals surface area contributed by atoms with Crippen LogP contribution in [-0.4, -0.2) is 59.0 Å². The first-order valence-electron chi connectivity index (χ1n) is 12.2. The summed E-state index contributed by atoms with van der Waals surface area (Å²) < 4.78 is 39.7. The molecule has 0 fully saturated rings. The summed E-state index contributed by atoms with van der Waals surface area (Å²) in [4.78, 5) is 28.2. The lowest BCUT2D eigenvalue weighted by Crippen LogP contribution is -2.51. The van der Waals surface area contributed by atoms with Gasteiger partial charge < -0.3 is 19.7 Å². The summed E-state index contributed by atoms with van der Waals surface area (Å²) in [6.45, 7) is 1.16. The molecule has 1 atom stereocenters. The molecule has 0 aliphatic carbocycles. The van der Waals surface area contributed by atoms with Gasteiger partial charge in [-0.3, -0.25) is 13.9 Å². The van der Waals surface area contributed by atoms with Crippen molar-refractivity contribution in [3.8, 4) is 11.5 Å². The summed E-state index contributed by atoms with van der Waals surface area (Å²) in [5.74, 6) is -0.389. The zero-order valence-corrected chi connectivity index (χ0v) is 23.8. The van der Waals surface area contributed by atoms with Crippen LogP contribution in [0.1, 0.15) is 18.9 Å². The molecule has 0 bridgehead atoms. The van der Waals surface area contributed by atoms with Crippen LogP contribution in [0.5, 0.6) is 11.5 Å². The third-order valence-electron chi connectivity index (χ3n) is 6.20. The van der Waals surface area contributed by atoms with E-state index in [0.717, 1.165) is 4.31 Å². The van der Waals surface area contributed by atoms with E-state index >= 15 is 0 Å². The average Bonchev–Trinajstić information content (AvgIpc) is 2.96. The lowest BCUT2D eigenvalue weighted by atomic mass is 10.1. The summed E-state index contributed by atoms with van der Waals surface area (Å²) in [6, 6.07) is 18.6. The van der Waals surface area contributed by atoms with Crippen molar-refractivity contribution in [3.05, 3.63) is 83.4 Å². The highest BCUT2D eigenvalue weighted by Gasteiger charge is 2.35. The summed E-state index contributed by atoms with van der Waals surface area (Å²) in [5, 5.41) is 3.01. The highest BCUT2D eigenvalue weighted by molar-refractivity contribution is 7.92. The van der Waals surface area contributed by atoms with Gasteiger partial charge in [-0.25, -0.2) is 8.42 Å². The van der Waals surface area contributed by atoms with Crippen molar-refractivity contribution >= 4 is 39.1 Å². The quantitative estimate of drug-likeness (QED) is 0.350. The number of likely N-dealkylation sites (N-methyl/N-ethyl adjacent to an activating group) is 1.